The number of nitrogens with one attached hydrogen (secondary N) is 2. The van der Waals surface area contributed by atoms with Crippen LogP contribution in [0.5, 0.6) is 0 Å². The summed E-state index contributed by atoms with van der Waals surface area (Å²) in [6.07, 6.45) is 4.91. The first-order chi connectivity index (χ1) is 10.2. The Kier molecular flexibility index (Phi) is 5.51. The van der Waals surface area contributed by atoms with Gasteiger partial charge in [0.05, 0.1) is 24.7 Å². The fourth-order valence-electron chi connectivity index (χ4n) is 2.23. The highest BCUT2D eigenvalue weighted by Crippen LogP contribution is 2.09. The maximum absolute atomic E-state index is 12.0. The van der Waals surface area contributed by atoms with Crippen LogP contribution in [0.2, 0.25) is 0 Å². The van der Waals surface area contributed by atoms with E-state index in [1.165, 1.54) is 18.1 Å². The van der Waals surface area contributed by atoms with Gasteiger partial charge in [0.2, 0.25) is 0 Å². The normalized spacial score (nSPS) is 13.6. The zero-order chi connectivity index (χ0) is 15.1. The van der Waals surface area contributed by atoms with E-state index in [0.29, 0.717) is 5.69 Å². The number of aromatic amines is 1. The van der Waals surface area contributed by atoms with Crippen LogP contribution in [0.15, 0.2) is 42.9 Å². The summed E-state index contributed by atoms with van der Waals surface area (Å²) in [6.45, 7) is 1.69. The van der Waals surface area contributed by atoms with Crippen LogP contribution in [0.1, 0.15) is 35.8 Å². The number of aliphatic hydroxyl groups excluding tert-OH is 1. The van der Waals surface area contributed by atoms with Crippen molar-refractivity contribution in [1.29, 1.82) is 0 Å². The predicted octanol–water partition coefficient (Wildman–Crippen LogP) is 1.91. The fraction of sp³-hybridized carbons (Fsp3) is 0.375. The lowest BCUT2D eigenvalue weighted by Crippen LogP contribution is -2.42. The van der Waals surface area contributed by atoms with Gasteiger partial charge in [-0.15, -0.1) is 0 Å². The van der Waals surface area contributed by atoms with Crippen LogP contribution in [0.4, 0.5) is 0 Å². The molecule has 1 amide bonds. The minimum Gasteiger partial charge on any atom is -0.391 e. The van der Waals surface area contributed by atoms with Gasteiger partial charge in [-0.1, -0.05) is 30.3 Å². The van der Waals surface area contributed by atoms with Crippen molar-refractivity contribution in [2.75, 3.05) is 0 Å². The third kappa shape index (κ3) is 4.72. The van der Waals surface area contributed by atoms with Gasteiger partial charge in [-0.25, -0.2) is 4.98 Å². The molecule has 0 saturated heterocycles. The molecule has 0 aliphatic rings. The van der Waals surface area contributed by atoms with Crippen molar-refractivity contribution in [1.82, 2.24) is 15.3 Å². The summed E-state index contributed by atoms with van der Waals surface area (Å²) in [5, 5.41) is 12.7. The number of imidazole rings is 1. The number of aliphatic hydroxyl groups is 1. The molecule has 2 atom stereocenters. The van der Waals surface area contributed by atoms with E-state index in [4.69, 9.17) is 0 Å². The van der Waals surface area contributed by atoms with E-state index in [-0.39, 0.29) is 11.9 Å². The van der Waals surface area contributed by atoms with Crippen LogP contribution < -0.4 is 5.32 Å². The summed E-state index contributed by atoms with van der Waals surface area (Å²) in [5.41, 5.74) is 1.67. The van der Waals surface area contributed by atoms with Crippen molar-refractivity contribution in [3.05, 3.63) is 54.1 Å². The lowest BCUT2D eigenvalue weighted by atomic mass is 10.0. The fourth-order valence-corrected chi connectivity index (χ4v) is 2.23. The van der Waals surface area contributed by atoms with Gasteiger partial charge in [0.15, 0.2) is 0 Å². The molecule has 0 bridgehead atoms. The number of benzene rings is 1. The van der Waals surface area contributed by atoms with Crippen LogP contribution in [-0.4, -0.2) is 33.1 Å². The van der Waals surface area contributed by atoms with E-state index < -0.39 is 6.10 Å². The third-order valence-electron chi connectivity index (χ3n) is 3.47. The van der Waals surface area contributed by atoms with Crippen LogP contribution in [-0.2, 0) is 6.42 Å². The lowest BCUT2D eigenvalue weighted by Gasteiger charge is -2.21. The Bertz CT molecular complexity index is 538. The summed E-state index contributed by atoms with van der Waals surface area (Å²) in [7, 11) is 0. The minimum atomic E-state index is -0.590. The summed E-state index contributed by atoms with van der Waals surface area (Å²) < 4.78 is 0. The molecule has 1 aromatic heterocycles. The monoisotopic (exact) mass is 287 g/mol. The Balaban J connectivity index is 1.83. The van der Waals surface area contributed by atoms with Gasteiger partial charge in [0.1, 0.15) is 5.69 Å². The Hall–Kier alpha value is -2.14. The van der Waals surface area contributed by atoms with Gasteiger partial charge in [-0.2, -0.15) is 0 Å². The number of carbonyl (C=O) groups excluding carboxylic acids is 1. The molecule has 2 aromatic rings. The second kappa shape index (κ2) is 7.59. The summed E-state index contributed by atoms with van der Waals surface area (Å²) >= 11 is 0. The Morgan fingerprint density at radius 1 is 1.38 bits per heavy atom. The van der Waals surface area contributed by atoms with E-state index in [9.17, 15) is 9.90 Å². The number of nitrogens with zero attached hydrogens (tertiary/aromatic N) is 1. The Morgan fingerprint density at radius 3 is 2.76 bits per heavy atom. The average molecular weight is 287 g/mol. The smallest absolute Gasteiger partial charge is 0.269 e. The molecule has 0 fully saturated rings. The molecular weight excluding hydrogens is 266 g/mol. The maximum Gasteiger partial charge on any atom is 0.269 e. The summed E-state index contributed by atoms with van der Waals surface area (Å²) in [6, 6.07) is 9.93. The molecule has 2 rings (SSSR count). The predicted molar refractivity (Wildman–Crippen MR) is 80.9 cm³/mol. The molecule has 0 radical (unpaired) electrons. The zero-order valence-corrected chi connectivity index (χ0v) is 12.1. The molecular formula is C16H21N3O2. The van der Waals surface area contributed by atoms with Gasteiger partial charge >= 0.3 is 0 Å². The third-order valence-corrected chi connectivity index (χ3v) is 3.47. The van der Waals surface area contributed by atoms with Gasteiger partial charge in [-0.05, 0) is 31.7 Å². The number of amides is 1. The van der Waals surface area contributed by atoms with Gasteiger partial charge in [0, 0.05) is 0 Å². The van der Waals surface area contributed by atoms with Gasteiger partial charge < -0.3 is 15.4 Å². The molecule has 112 valence electrons. The number of aryl methyl sites for hydroxylation is 1. The molecule has 21 heavy (non-hydrogen) atoms. The molecule has 5 heteroatoms. The Morgan fingerprint density at radius 2 is 2.14 bits per heavy atom. The second-order valence-electron chi connectivity index (χ2n) is 5.16. The van der Waals surface area contributed by atoms with Crippen LogP contribution in [0.3, 0.4) is 0 Å². The number of rotatable bonds is 7. The number of hydrogen-bond acceptors (Lipinski definition) is 3. The van der Waals surface area contributed by atoms with E-state index in [2.05, 4.69) is 27.4 Å². The van der Waals surface area contributed by atoms with E-state index in [1.54, 1.807) is 6.92 Å². The molecule has 1 heterocycles. The lowest BCUT2D eigenvalue weighted by molar-refractivity contribution is 0.0844. The number of H-pyrrole nitrogens is 1. The van der Waals surface area contributed by atoms with Crippen molar-refractivity contribution in [2.45, 2.75) is 38.3 Å². The molecule has 1 unspecified atom stereocenters. The highest BCUT2D eigenvalue weighted by atomic mass is 16.3. The van der Waals surface area contributed by atoms with Crippen molar-refractivity contribution in [3.63, 3.8) is 0 Å². The first kappa shape index (κ1) is 15.3. The van der Waals surface area contributed by atoms with Crippen molar-refractivity contribution in [2.24, 2.45) is 0 Å². The van der Waals surface area contributed by atoms with Crippen molar-refractivity contribution >= 4 is 5.91 Å². The minimum absolute atomic E-state index is 0.238. The van der Waals surface area contributed by atoms with Crippen molar-refractivity contribution in [3.8, 4) is 0 Å². The largest absolute Gasteiger partial charge is 0.391 e. The van der Waals surface area contributed by atoms with E-state index in [1.807, 2.05) is 18.2 Å². The highest BCUT2D eigenvalue weighted by molar-refractivity contribution is 5.92. The van der Waals surface area contributed by atoms with Crippen molar-refractivity contribution < 1.29 is 9.90 Å². The molecule has 3 N–H and O–H groups in total. The van der Waals surface area contributed by atoms with Crippen LogP contribution >= 0.6 is 0 Å². The van der Waals surface area contributed by atoms with Crippen LogP contribution in [0.25, 0.3) is 0 Å². The summed E-state index contributed by atoms with van der Waals surface area (Å²) in [5.74, 6) is -0.238. The summed E-state index contributed by atoms with van der Waals surface area (Å²) in [4.78, 5) is 18.5. The average Bonchev–Trinajstić information content (AvgIpc) is 3.01. The van der Waals surface area contributed by atoms with E-state index >= 15 is 0 Å². The molecule has 0 aliphatic carbocycles. The van der Waals surface area contributed by atoms with Gasteiger partial charge in [-0.3, -0.25) is 4.79 Å². The first-order valence-electron chi connectivity index (χ1n) is 7.18. The molecule has 0 aliphatic heterocycles. The Labute approximate surface area is 124 Å². The van der Waals surface area contributed by atoms with Gasteiger partial charge in [0.25, 0.3) is 5.91 Å². The van der Waals surface area contributed by atoms with Crippen LogP contribution in [0, 0.1) is 0 Å². The molecule has 5 nitrogen and oxygen atoms in total. The quantitative estimate of drug-likeness (QED) is 0.728. The highest BCUT2D eigenvalue weighted by Gasteiger charge is 2.18. The number of hydrogen-bond donors (Lipinski definition) is 3. The molecule has 0 spiro atoms. The number of carbonyl (C=O) groups is 1. The zero-order valence-electron chi connectivity index (χ0n) is 12.1. The SMILES string of the molecule is C[C@H](O)C(CCCc1ccccc1)NC(=O)c1cnc[nH]1. The molecule has 0 saturated carbocycles. The first-order valence-corrected chi connectivity index (χ1v) is 7.18. The van der Waals surface area contributed by atoms with E-state index in [0.717, 1.165) is 19.3 Å². The maximum atomic E-state index is 12.0. The second-order valence-corrected chi connectivity index (χ2v) is 5.16. The standard InChI is InChI=1S/C16H21N3O2/c1-12(20)14(19-16(21)15-10-17-11-18-15)9-5-8-13-6-3-2-4-7-13/h2-4,6-7,10-12,14,20H,5,8-9H2,1H3,(H,17,18)(H,19,21)/t12-,14?/m0/s1. The topological polar surface area (TPSA) is 78.0 Å². The number of aromatic nitrogens is 2. The molecule has 1 aromatic carbocycles.